The molecular formula is C22H24F2N9O6PS3. The second-order valence-electron chi connectivity index (χ2n) is 9.89. The molecule has 3 aliphatic rings. The van der Waals surface area contributed by atoms with Crippen LogP contribution in [-0.4, -0.2) is 82.9 Å². The first-order valence-corrected chi connectivity index (χ1v) is 16.6. The molecule has 3 fully saturated rings. The number of aromatic nitrogens is 7. The van der Waals surface area contributed by atoms with Crippen molar-refractivity contribution in [1.82, 2.24) is 34.1 Å². The molecule has 3 aliphatic heterocycles. The van der Waals surface area contributed by atoms with Crippen molar-refractivity contribution in [3.63, 3.8) is 0 Å². The number of nitrogens with zero attached hydrogens (tertiary/aromatic N) is 6. The fourth-order valence-corrected chi connectivity index (χ4v) is 8.36. The van der Waals surface area contributed by atoms with Crippen molar-refractivity contribution >= 4 is 78.2 Å². The van der Waals surface area contributed by atoms with E-state index in [0.29, 0.717) is 16.9 Å². The van der Waals surface area contributed by atoms with E-state index in [1.807, 2.05) is 0 Å². The van der Waals surface area contributed by atoms with Crippen LogP contribution in [0.5, 0.6) is 0 Å². The average molecular weight is 676 g/mol. The van der Waals surface area contributed by atoms with Crippen LogP contribution in [0, 0.1) is 5.92 Å². The van der Waals surface area contributed by atoms with Crippen LogP contribution in [0.25, 0.3) is 22.3 Å². The number of nitrogens with one attached hydrogen (secondary N) is 1. The molecule has 3 unspecified atom stereocenters. The maximum Gasteiger partial charge on any atom is 0.280 e. The van der Waals surface area contributed by atoms with E-state index in [-0.39, 0.29) is 30.3 Å². The van der Waals surface area contributed by atoms with Gasteiger partial charge in [0, 0.05) is 12.1 Å². The fourth-order valence-electron chi connectivity index (χ4n) is 5.28. The third kappa shape index (κ3) is 5.25. The normalized spacial score (nSPS) is 35.4. The summed E-state index contributed by atoms with van der Waals surface area (Å²) in [6.07, 6.45) is -2.14. The van der Waals surface area contributed by atoms with Crippen LogP contribution in [0.15, 0.2) is 29.7 Å². The summed E-state index contributed by atoms with van der Waals surface area (Å²) in [6, 6.07) is 1.60. The number of fused-ring (bicyclic) bond motifs is 5. The number of rotatable bonds is 2. The third-order valence-corrected chi connectivity index (χ3v) is 10.4. The lowest BCUT2D eigenvalue weighted by molar-refractivity contribution is -0.123. The van der Waals surface area contributed by atoms with Crippen LogP contribution in [0.2, 0.25) is 0 Å². The number of ether oxygens (including phenoxy) is 3. The average Bonchev–Trinajstić information content (AvgIpc) is 3.72. The lowest BCUT2D eigenvalue weighted by atomic mass is 10.0. The number of hydrogen-bond acceptors (Lipinski definition) is 15. The summed E-state index contributed by atoms with van der Waals surface area (Å²) in [7, 11) is -2.01. The van der Waals surface area contributed by atoms with E-state index >= 15 is 8.78 Å². The number of hydrogen-bond donors (Lipinski definition) is 5. The standard InChI is InChI=1S/C22H24F2N9O6PS3/c23-10-7-3-35-22(41)38-20-11(24)14(19(43-20)33-6-29-13-16(33)30-21(26)31-17(13)34)39-40(42)36-4-9(7)37-18(10)32-5-28-12-8(25)1-2-27-15(12)32/h1-2,5-7,9-11,14,18-20,22,41-42H,3-4H2,(H2,25,27)(H3,26,30,31,34)/t7-,9-,10+,11-,14-,18-,19-,20?,22?,40?/m1/s1. The van der Waals surface area contributed by atoms with Gasteiger partial charge in [0.2, 0.25) is 19.1 Å². The van der Waals surface area contributed by atoms with E-state index < -0.39 is 66.3 Å². The van der Waals surface area contributed by atoms with Crippen molar-refractivity contribution in [2.45, 2.75) is 47.2 Å². The Morgan fingerprint density at radius 1 is 1.07 bits per heavy atom. The van der Waals surface area contributed by atoms with Crippen LogP contribution in [0.3, 0.4) is 0 Å². The number of alkyl halides is 2. The quantitative estimate of drug-likeness (QED) is 0.154. The molecule has 0 saturated carbocycles. The van der Waals surface area contributed by atoms with Gasteiger partial charge in [0.1, 0.15) is 22.4 Å². The summed E-state index contributed by atoms with van der Waals surface area (Å²) in [5.41, 5.74) is 10.2. The van der Waals surface area contributed by atoms with Gasteiger partial charge in [-0.05, 0) is 6.07 Å². The molecule has 0 radical (unpaired) electrons. The molecule has 2 bridgehead atoms. The van der Waals surface area contributed by atoms with Crippen molar-refractivity contribution < 1.29 is 32.0 Å². The number of imidazole rings is 2. The number of H-pyrrole nitrogens is 1. The molecule has 21 heteroatoms. The predicted octanol–water partition coefficient (Wildman–Crippen LogP) is 2.31. The Morgan fingerprint density at radius 3 is 2.70 bits per heavy atom. The predicted molar refractivity (Wildman–Crippen MR) is 159 cm³/mol. The second-order valence-corrected chi connectivity index (χ2v) is 13.5. The summed E-state index contributed by atoms with van der Waals surface area (Å²) in [6.45, 7) is -0.334. The molecule has 7 heterocycles. The first-order valence-electron chi connectivity index (χ1n) is 12.8. The number of thioether (sulfide) groups is 1. The number of thiol groups is 2. The van der Waals surface area contributed by atoms with Crippen molar-refractivity contribution in [1.29, 1.82) is 0 Å². The van der Waals surface area contributed by atoms with E-state index in [9.17, 15) is 4.79 Å². The smallest absolute Gasteiger partial charge is 0.280 e. The number of anilines is 2. The van der Waals surface area contributed by atoms with Gasteiger partial charge in [-0.1, -0.05) is 24.0 Å². The Bertz CT molecular complexity index is 1720. The fraction of sp³-hybridized carbons (Fsp3) is 0.500. The molecule has 0 spiro atoms. The highest BCUT2D eigenvalue weighted by molar-refractivity contribution is 8.41. The summed E-state index contributed by atoms with van der Waals surface area (Å²) < 4.78 is 64.2. The molecule has 0 amide bonds. The van der Waals surface area contributed by atoms with E-state index in [0.717, 1.165) is 11.8 Å². The molecule has 15 nitrogen and oxygen atoms in total. The number of halogens is 2. The molecular weight excluding hydrogens is 651 g/mol. The second kappa shape index (κ2) is 11.6. The number of nitrogens with two attached hydrogens (primary N) is 2. The van der Waals surface area contributed by atoms with Gasteiger partial charge < -0.3 is 34.7 Å². The molecule has 0 aliphatic carbocycles. The van der Waals surface area contributed by atoms with Crippen LogP contribution in [0.1, 0.15) is 11.6 Å². The highest BCUT2D eigenvalue weighted by Gasteiger charge is 2.51. The maximum absolute atomic E-state index is 16.0. The molecule has 230 valence electrons. The minimum Gasteiger partial charge on any atom is -0.397 e. The Labute approximate surface area is 256 Å². The SMILES string of the molecule is Nc1nc2c(ncn2[C@@H]2SC3OC(S)OC[C@H]4[C@H](F)[C@H](n5cnc6c(N)ccnc65)O[C@@H]4COP(S)O[C@@H]2[C@H]3F)c(=O)[nH]1. The first-order chi connectivity index (χ1) is 20.7. The molecule has 4 aromatic heterocycles. The minimum atomic E-state index is -2.01. The van der Waals surface area contributed by atoms with E-state index in [1.54, 1.807) is 6.07 Å². The van der Waals surface area contributed by atoms with Crippen LogP contribution in [0.4, 0.5) is 20.4 Å². The zero-order chi connectivity index (χ0) is 30.0. The zero-order valence-corrected chi connectivity index (χ0v) is 25.2. The summed E-state index contributed by atoms with van der Waals surface area (Å²) in [5.74, 6) is -0.960. The van der Waals surface area contributed by atoms with Crippen molar-refractivity contribution in [2.24, 2.45) is 5.92 Å². The molecule has 43 heavy (non-hydrogen) atoms. The van der Waals surface area contributed by atoms with Gasteiger partial charge in [-0.15, -0.1) is 12.6 Å². The topological polar surface area (TPSA) is 192 Å². The number of aromatic amines is 1. The molecule has 3 saturated heterocycles. The van der Waals surface area contributed by atoms with Gasteiger partial charge in [0.25, 0.3) is 5.56 Å². The van der Waals surface area contributed by atoms with Crippen LogP contribution >= 0.6 is 44.2 Å². The van der Waals surface area contributed by atoms with Crippen molar-refractivity contribution in [3.05, 3.63) is 35.3 Å². The number of nitrogen functional groups attached to an aromatic ring is 2. The summed E-state index contributed by atoms with van der Waals surface area (Å²) >= 11 is 9.80. The molecule has 7 rings (SSSR count). The summed E-state index contributed by atoms with van der Waals surface area (Å²) in [5, 5.41) is -0.813. The first kappa shape index (κ1) is 29.4. The highest BCUT2D eigenvalue weighted by atomic mass is 32.7. The van der Waals surface area contributed by atoms with Crippen LogP contribution < -0.4 is 17.0 Å². The molecule has 4 aromatic rings. The number of pyridine rings is 1. The van der Waals surface area contributed by atoms with Crippen LogP contribution in [-0.2, 0) is 23.3 Å². The van der Waals surface area contributed by atoms with Gasteiger partial charge in [-0.2, -0.15) is 4.98 Å². The lowest BCUT2D eigenvalue weighted by Gasteiger charge is -2.25. The highest BCUT2D eigenvalue weighted by Crippen LogP contribution is 2.55. The van der Waals surface area contributed by atoms with Crippen molar-refractivity contribution in [3.8, 4) is 0 Å². The Balaban J connectivity index is 1.15. The Hall–Kier alpha value is -2.29. The zero-order valence-electron chi connectivity index (χ0n) is 21.7. The Morgan fingerprint density at radius 2 is 1.86 bits per heavy atom. The van der Waals surface area contributed by atoms with Gasteiger partial charge in [0.15, 0.2) is 35.4 Å². The lowest BCUT2D eigenvalue weighted by Crippen LogP contribution is -2.33. The maximum atomic E-state index is 16.0. The molecule has 5 N–H and O–H groups in total. The van der Waals surface area contributed by atoms with Gasteiger partial charge in [0.05, 0.1) is 37.7 Å². The monoisotopic (exact) mass is 675 g/mol. The summed E-state index contributed by atoms with van der Waals surface area (Å²) in [4.78, 5) is 31.5. The van der Waals surface area contributed by atoms with Gasteiger partial charge in [-0.3, -0.25) is 18.9 Å². The Kier molecular flexibility index (Phi) is 7.92. The minimum absolute atomic E-state index is 0.0193. The van der Waals surface area contributed by atoms with E-state index in [4.69, 9.17) is 34.7 Å². The third-order valence-electron chi connectivity index (χ3n) is 7.34. The molecule has 10 atom stereocenters. The van der Waals surface area contributed by atoms with Gasteiger partial charge >= 0.3 is 0 Å². The van der Waals surface area contributed by atoms with E-state index in [2.05, 4.69) is 49.8 Å². The molecule has 0 aromatic carbocycles. The van der Waals surface area contributed by atoms with Crippen molar-refractivity contribution in [2.75, 3.05) is 24.7 Å². The van der Waals surface area contributed by atoms with Gasteiger partial charge in [-0.25, -0.2) is 23.7 Å². The van der Waals surface area contributed by atoms with E-state index in [1.165, 1.54) is 28.0 Å². The largest absolute Gasteiger partial charge is 0.397 e.